The first-order chi connectivity index (χ1) is 12.9. The maximum atomic E-state index is 5.86. The van der Waals surface area contributed by atoms with Crippen LogP contribution in [-0.4, -0.2) is 25.8 Å². The second-order valence-electron chi connectivity index (χ2n) is 8.13. The van der Waals surface area contributed by atoms with Crippen LogP contribution >= 0.6 is 0 Å². The van der Waals surface area contributed by atoms with E-state index in [1.165, 1.54) is 109 Å². The number of unbranched alkanes of at least 4 members (excludes halogenated alkanes) is 14. The highest BCUT2D eigenvalue weighted by molar-refractivity contribution is 4.81. The number of hydrogen-bond donors (Lipinski definition) is 1. The number of rotatable bonds is 19. The fraction of sp³-hybridized carbons (Fsp3) is 0.917. The Kier molecular flexibility index (Phi) is 17.7. The standard InChI is InChI=1S/C24H47NO/c1-2-3-4-5-6-7-8-9-10-11-12-13-14-15-16-17-18-19-22-26-24-20-21-25-23-24/h9-10,24-25H,2-8,11-23H2,1H3/b10-9-. The predicted octanol–water partition coefficient (Wildman–Crippen LogP) is 7.18. The summed E-state index contributed by atoms with van der Waals surface area (Å²) in [6, 6.07) is 0. The van der Waals surface area contributed by atoms with Crippen LogP contribution in [0.25, 0.3) is 0 Å². The van der Waals surface area contributed by atoms with Gasteiger partial charge in [-0.25, -0.2) is 0 Å². The maximum Gasteiger partial charge on any atom is 0.0711 e. The molecular weight excluding hydrogens is 318 g/mol. The van der Waals surface area contributed by atoms with Crippen LogP contribution in [0.4, 0.5) is 0 Å². The first-order valence-corrected chi connectivity index (χ1v) is 11.9. The molecule has 2 nitrogen and oxygen atoms in total. The van der Waals surface area contributed by atoms with Gasteiger partial charge >= 0.3 is 0 Å². The van der Waals surface area contributed by atoms with Gasteiger partial charge in [-0.1, -0.05) is 89.7 Å². The van der Waals surface area contributed by atoms with Gasteiger partial charge in [-0.15, -0.1) is 0 Å². The molecule has 1 saturated heterocycles. The molecule has 1 N–H and O–H groups in total. The first kappa shape index (κ1) is 23.7. The molecule has 0 spiro atoms. The Balaban J connectivity index is 1.67. The number of ether oxygens (including phenoxy) is 1. The van der Waals surface area contributed by atoms with Gasteiger partial charge in [-0.2, -0.15) is 0 Å². The van der Waals surface area contributed by atoms with Crippen LogP contribution in [0.1, 0.15) is 116 Å². The average molecular weight is 366 g/mol. The zero-order chi connectivity index (χ0) is 18.5. The minimum Gasteiger partial charge on any atom is -0.377 e. The Labute approximate surface area is 164 Å². The monoisotopic (exact) mass is 365 g/mol. The largest absolute Gasteiger partial charge is 0.377 e. The van der Waals surface area contributed by atoms with Crippen LogP contribution < -0.4 is 5.32 Å². The van der Waals surface area contributed by atoms with Crippen molar-refractivity contribution >= 4 is 0 Å². The third-order valence-electron chi connectivity index (χ3n) is 5.52. The van der Waals surface area contributed by atoms with Gasteiger partial charge in [0.1, 0.15) is 0 Å². The molecule has 0 aromatic rings. The molecule has 1 fully saturated rings. The normalized spacial score (nSPS) is 17.5. The average Bonchev–Trinajstić information content (AvgIpc) is 3.17. The fourth-order valence-corrected chi connectivity index (χ4v) is 3.72. The van der Waals surface area contributed by atoms with Crippen molar-refractivity contribution in [1.82, 2.24) is 5.32 Å². The van der Waals surface area contributed by atoms with Crippen LogP contribution in [0, 0.1) is 0 Å². The summed E-state index contributed by atoms with van der Waals surface area (Å²) >= 11 is 0. The molecular formula is C24H47NO. The lowest BCUT2D eigenvalue weighted by molar-refractivity contribution is 0.0641. The van der Waals surface area contributed by atoms with E-state index < -0.39 is 0 Å². The molecule has 0 saturated carbocycles. The molecule has 0 bridgehead atoms. The van der Waals surface area contributed by atoms with Crippen molar-refractivity contribution in [2.24, 2.45) is 0 Å². The second kappa shape index (κ2) is 19.4. The molecule has 2 heteroatoms. The lowest BCUT2D eigenvalue weighted by atomic mass is 10.1. The molecule has 26 heavy (non-hydrogen) atoms. The van der Waals surface area contributed by atoms with E-state index in [1.807, 2.05) is 0 Å². The molecule has 1 atom stereocenters. The Morgan fingerprint density at radius 3 is 1.81 bits per heavy atom. The third kappa shape index (κ3) is 15.9. The van der Waals surface area contributed by atoms with E-state index in [9.17, 15) is 0 Å². The molecule has 1 unspecified atom stereocenters. The quantitative estimate of drug-likeness (QED) is 0.193. The Bertz CT molecular complexity index is 297. The molecule has 1 heterocycles. The zero-order valence-electron chi connectivity index (χ0n) is 17.8. The Morgan fingerprint density at radius 2 is 1.27 bits per heavy atom. The van der Waals surface area contributed by atoms with Crippen LogP contribution in [0.3, 0.4) is 0 Å². The summed E-state index contributed by atoms with van der Waals surface area (Å²) < 4.78 is 5.86. The summed E-state index contributed by atoms with van der Waals surface area (Å²) in [6.45, 7) is 5.46. The topological polar surface area (TPSA) is 21.3 Å². The molecule has 0 aliphatic carbocycles. The van der Waals surface area contributed by atoms with Crippen molar-refractivity contribution in [2.45, 2.75) is 122 Å². The second-order valence-corrected chi connectivity index (χ2v) is 8.13. The van der Waals surface area contributed by atoms with Crippen molar-refractivity contribution in [3.05, 3.63) is 12.2 Å². The van der Waals surface area contributed by atoms with Gasteiger partial charge in [-0.05, 0) is 45.1 Å². The molecule has 0 radical (unpaired) electrons. The molecule has 1 aliphatic rings. The summed E-state index contributed by atoms with van der Waals surface area (Å²) in [5.74, 6) is 0. The minimum atomic E-state index is 0.495. The van der Waals surface area contributed by atoms with Crippen LogP contribution in [0.5, 0.6) is 0 Å². The summed E-state index contributed by atoms with van der Waals surface area (Å²) in [6.07, 6.45) is 28.7. The molecule has 1 aliphatic heterocycles. The number of nitrogens with one attached hydrogen (secondary N) is 1. The van der Waals surface area contributed by atoms with Crippen molar-refractivity contribution in [3.63, 3.8) is 0 Å². The summed E-state index contributed by atoms with van der Waals surface area (Å²) in [5.41, 5.74) is 0. The van der Waals surface area contributed by atoms with E-state index in [1.54, 1.807) is 0 Å². The molecule has 154 valence electrons. The van der Waals surface area contributed by atoms with Crippen LogP contribution in [0.15, 0.2) is 12.2 Å². The van der Waals surface area contributed by atoms with Gasteiger partial charge in [0.15, 0.2) is 0 Å². The Morgan fingerprint density at radius 1 is 0.731 bits per heavy atom. The predicted molar refractivity (Wildman–Crippen MR) is 116 cm³/mol. The highest BCUT2D eigenvalue weighted by Gasteiger charge is 2.13. The number of hydrogen-bond acceptors (Lipinski definition) is 2. The summed E-state index contributed by atoms with van der Waals surface area (Å²) in [4.78, 5) is 0. The molecule has 0 aromatic carbocycles. The van der Waals surface area contributed by atoms with Gasteiger partial charge in [0.25, 0.3) is 0 Å². The fourth-order valence-electron chi connectivity index (χ4n) is 3.72. The third-order valence-corrected chi connectivity index (χ3v) is 5.52. The smallest absolute Gasteiger partial charge is 0.0711 e. The van der Waals surface area contributed by atoms with Crippen molar-refractivity contribution in [2.75, 3.05) is 19.7 Å². The van der Waals surface area contributed by atoms with E-state index in [0.717, 1.165) is 19.7 Å². The van der Waals surface area contributed by atoms with Gasteiger partial charge in [0.05, 0.1) is 6.10 Å². The van der Waals surface area contributed by atoms with Gasteiger partial charge < -0.3 is 10.1 Å². The van der Waals surface area contributed by atoms with Gasteiger partial charge in [0.2, 0.25) is 0 Å². The molecule has 0 amide bonds. The van der Waals surface area contributed by atoms with E-state index in [4.69, 9.17) is 4.74 Å². The zero-order valence-corrected chi connectivity index (χ0v) is 17.8. The van der Waals surface area contributed by atoms with Crippen molar-refractivity contribution in [1.29, 1.82) is 0 Å². The van der Waals surface area contributed by atoms with Crippen LogP contribution in [-0.2, 0) is 4.74 Å². The minimum absolute atomic E-state index is 0.495. The lowest BCUT2D eigenvalue weighted by Crippen LogP contribution is -2.17. The SMILES string of the molecule is CCCCCCCC/C=C\CCCCCCCCCCOC1CCNC1. The summed E-state index contributed by atoms with van der Waals surface area (Å²) in [5, 5.41) is 3.35. The maximum absolute atomic E-state index is 5.86. The van der Waals surface area contributed by atoms with Crippen molar-refractivity contribution in [3.8, 4) is 0 Å². The van der Waals surface area contributed by atoms with E-state index in [-0.39, 0.29) is 0 Å². The summed E-state index contributed by atoms with van der Waals surface area (Å²) in [7, 11) is 0. The van der Waals surface area contributed by atoms with Crippen molar-refractivity contribution < 1.29 is 4.74 Å². The van der Waals surface area contributed by atoms with Gasteiger partial charge in [0, 0.05) is 13.2 Å². The highest BCUT2D eigenvalue weighted by Crippen LogP contribution is 2.12. The number of allylic oxidation sites excluding steroid dienone is 2. The van der Waals surface area contributed by atoms with E-state index in [2.05, 4.69) is 24.4 Å². The molecule has 1 rings (SSSR count). The van der Waals surface area contributed by atoms with E-state index in [0.29, 0.717) is 6.10 Å². The van der Waals surface area contributed by atoms with E-state index >= 15 is 0 Å². The highest BCUT2D eigenvalue weighted by atomic mass is 16.5. The van der Waals surface area contributed by atoms with Crippen LogP contribution in [0.2, 0.25) is 0 Å². The first-order valence-electron chi connectivity index (χ1n) is 11.9. The van der Waals surface area contributed by atoms with Gasteiger partial charge in [-0.3, -0.25) is 0 Å². The molecule has 0 aromatic heterocycles. The Hall–Kier alpha value is -0.340. The lowest BCUT2D eigenvalue weighted by Gasteiger charge is -2.09.